The van der Waals surface area contributed by atoms with E-state index >= 15 is 0 Å². The minimum atomic E-state index is -1.18. The van der Waals surface area contributed by atoms with Gasteiger partial charge >= 0.3 is 5.97 Å². The third-order valence-electron chi connectivity index (χ3n) is 1.75. The van der Waals surface area contributed by atoms with Crippen molar-refractivity contribution in [2.24, 2.45) is 5.73 Å². The molecule has 2 rings (SSSR count). The maximum atomic E-state index is 9.65. The van der Waals surface area contributed by atoms with Gasteiger partial charge in [0.15, 0.2) is 0 Å². The van der Waals surface area contributed by atoms with Crippen molar-refractivity contribution < 1.29 is 15.0 Å². The number of aromatic nitrogens is 1. The number of carboxylic acids is 1. The van der Waals surface area contributed by atoms with Gasteiger partial charge in [-0.25, -0.2) is 4.98 Å². The molecule has 0 fully saturated rings. The van der Waals surface area contributed by atoms with Gasteiger partial charge in [-0.15, -0.1) is 11.3 Å². The normalized spacial score (nSPS) is 11.6. The van der Waals surface area contributed by atoms with Gasteiger partial charge in [-0.2, -0.15) is 0 Å². The fourth-order valence-corrected chi connectivity index (χ4v) is 1.56. The number of aliphatic hydroxyl groups is 1. The number of fused-ring (bicyclic) bond motifs is 1. The summed E-state index contributed by atoms with van der Waals surface area (Å²) in [7, 11) is 0. The highest BCUT2D eigenvalue weighted by molar-refractivity contribution is 7.16. The summed E-state index contributed by atoms with van der Waals surface area (Å²) < 4.78 is 1.26. The molecule has 1 heterocycles. The Kier molecular flexibility index (Phi) is 4.84. The van der Waals surface area contributed by atoms with Gasteiger partial charge in [-0.1, -0.05) is 12.1 Å². The van der Waals surface area contributed by atoms with E-state index in [0.29, 0.717) is 0 Å². The van der Waals surface area contributed by atoms with Gasteiger partial charge in [0, 0.05) is 0 Å². The SMILES string of the molecule is N[C@@H](CO)C(=O)O.c1ccc2scnc2c1. The lowest BCUT2D eigenvalue weighted by Crippen LogP contribution is -2.33. The number of para-hydroxylation sites is 1. The summed E-state index contributed by atoms with van der Waals surface area (Å²) in [4.78, 5) is 13.8. The highest BCUT2D eigenvalue weighted by Gasteiger charge is 2.06. The molecule has 4 N–H and O–H groups in total. The van der Waals surface area contributed by atoms with Crippen LogP contribution in [0.25, 0.3) is 10.2 Å². The van der Waals surface area contributed by atoms with E-state index in [4.69, 9.17) is 15.9 Å². The second-order valence-corrected chi connectivity index (χ2v) is 3.83. The molecule has 0 aliphatic heterocycles. The monoisotopic (exact) mass is 240 g/mol. The first-order chi connectivity index (χ1) is 7.65. The zero-order valence-electron chi connectivity index (χ0n) is 8.41. The van der Waals surface area contributed by atoms with Crippen LogP contribution >= 0.6 is 11.3 Å². The van der Waals surface area contributed by atoms with Crippen molar-refractivity contribution in [1.29, 1.82) is 0 Å². The molecule has 1 atom stereocenters. The van der Waals surface area contributed by atoms with Crippen LogP contribution in [-0.2, 0) is 4.79 Å². The van der Waals surface area contributed by atoms with Crippen molar-refractivity contribution in [1.82, 2.24) is 4.98 Å². The highest BCUT2D eigenvalue weighted by Crippen LogP contribution is 2.15. The van der Waals surface area contributed by atoms with Crippen LogP contribution in [0, 0.1) is 0 Å². The summed E-state index contributed by atoms with van der Waals surface area (Å²) in [6, 6.07) is 7.00. The fourth-order valence-electron chi connectivity index (χ4n) is 0.881. The van der Waals surface area contributed by atoms with Crippen molar-refractivity contribution >= 4 is 27.5 Å². The second kappa shape index (κ2) is 6.16. The number of carbonyl (C=O) groups is 1. The average Bonchev–Trinajstić information content (AvgIpc) is 2.76. The van der Waals surface area contributed by atoms with E-state index < -0.39 is 18.6 Å². The summed E-state index contributed by atoms with van der Waals surface area (Å²) in [5, 5.41) is 15.9. The van der Waals surface area contributed by atoms with Crippen molar-refractivity contribution in [3.05, 3.63) is 29.8 Å². The van der Waals surface area contributed by atoms with E-state index in [1.54, 1.807) is 11.3 Å². The third-order valence-corrected chi connectivity index (χ3v) is 2.56. The van der Waals surface area contributed by atoms with Crippen molar-refractivity contribution in [3.8, 4) is 0 Å². The van der Waals surface area contributed by atoms with Gasteiger partial charge in [0.05, 0.1) is 22.3 Å². The lowest BCUT2D eigenvalue weighted by Gasteiger charge is -1.96. The number of benzene rings is 1. The summed E-state index contributed by atoms with van der Waals surface area (Å²) >= 11 is 1.68. The number of hydrogen-bond donors (Lipinski definition) is 3. The van der Waals surface area contributed by atoms with Crippen molar-refractivity contribution in [3.63, 3.8) is 0 Å². The Morgan fingerprint density at radius 3 is 2.69 bits per heavy atom. The number of nitrogens with two attached hydrogens (primary N) is 1. The van der Waals surface area contributed by atoms with E-state index in [0.717, 1.165) is 5.52 Å². The Morgan fingerprint density at radius 2 is 2.19 bits per heavy atom. The number of thiazole rings is 1. The van der Waals surface area contributed by atoms with E-state index in [1.165, 1.54) is 4.70 Å². The average molecular weight is 240 g/mol. The van der Waals surface area contributed by atoms with Crippen LogP contribution < -0.4 is 5.73 Å². The molecular weight excluding hydrogens is 228 g/mol. The van der Waals surface area contributed by atoms with Crippen LogP contribution in [-0.4, -0.2) is 33.8 Å². The van der Waals surface area contributed by atoms with Gasteiger partial charge in [-0.05, 0) is 12.1 Å². The Morgan fingerprint density at radius 1 is 1.50 bits per heavy atom. The molecule has 1 aromatic carbocycles. The molecule has 0 aliphatic rings. The molecule has 86 valence electrons. The molecule has 0 amide bonds. The summed E-state index contributed by atoms with van der Waals surface area (Å²) in [6.07, 6.45) is 0. The number of carboxylic acid groups (broad SMARTS) is 1. The maximum Gasteiger partial charge on any atom is 0.322 e. The molecular formula is C10H12N2O3S. The molecule has 0 radical (unpaired) electrons. The number of aliphatic hydroxyl groups excluding tert-OH is 1. The highest BCUT2D eigenvalue weighted by atomic mass is 32.1. The molecule has 0 saturated heterocycles. The number of rotatable bonds is 2. The molecule has 5 nitrogen and oxygen atoms in total. The summed E-state index contributed by atoms with van der Waals surface area (Å²) in [5.74, 6) is -1.18. The topological polar surface area (TPSA) is 96.4 Å². The van der Waals surface area contributed by atoms with Gasteiger partial charge in [-0.3, -0.25) is 4.79 Å². The van der Waals surface area contributed by atoms with Crippen LogP contribution in [0.5, 0.6) is 0 Å². The molecule has 1 aromatic heterocycles. The standard InChI is InChI=1S/C7H5NS.C3H7NO3/c1-2-4-7-6(3-1)8-5-9-7;4-2(1-5)3(6)7/h1-5H;2,5H,1,4H2,(H,6,7)/t;2-/m.0/s1. The first-order valence-corrected chi connectivity index (χ1v) is 5.40. The lowest BCUT2D eigenvalue weighted by molar-refractivity contribution is -0.139. The smallest absolute Gasteiger partial charge is 0.322 e. The fraction of sp³-hybridized carbons (Fsp3) is 0.200. The lowest BCUT2D eigenvalue weighted by atomic mass is 10.3. The predicted molar refractivity (Wildman–Crippen MR) is 62.3 cm³/mol. The summed E-state index contributed by atoms with van der Waals surface area (Å²) in [5.41, 5.74) is 7.73. The Labute approximate surface area is 96.2 Å². The van der Waals surface area contributed by atoms with Crippen molar-refractivity contribution in [2.75, 3.05) is 6.61 Å². The van der Waals surface area contributed by atoms with Crippen molar-refractivity contribution in [2.45, 2.75) is 6.04 Å². The summed E-state index contributed by atoms with van der Waals surface area (Å²) in [6.45, 7) is -0.505. The third kappa shape index (κ3) is 3.58. The predicted octanol–water partition coefficient (Wildman–Crippen LogP) is 0.687. The Hall–Kier alpha value is -1.50. The molecule has 0 saturated carbocycles. The number of hydrogen-bond acceptors (Lipinski definition) is 5. The van der Waals surface area contributed by atoms with Crippen LogP contribution in [0.3, 0.4) is 0 Å². The molecule has 0 bridgehead atoms. The van der Waals surface area contributed by atoms with Crippen LogP contribution in [0.4, 0.5) is 0 Å². The van der Waals surface area contributed by atoms with E-state index in [1.807, 2.05) is 23.7 Å². The van der Waals surface area contributed by atoms with Gasteiger partial charge in [0.1, 0.15) is 6.04 Å². The molecule has 2 aromatic rings. The zero-order chi connectivity index (χ0) is 12.0. The molecule has 16 heavy (non-hydrogen) atoms. The minimum absolute atomic E-state index is 0.505. The van der Waals surface area contributed by atoms with E-state index in [9.17, 15) is 4.79 Å². The second-order valence-electron chi connectivity index (χ2n) is 2.95. The molecule has 6 heteroatoms. The first kappa shape index (κ1) is 12.6. The van der Waals surface area contributed by atoms with Crippen LogP contribution in [0.15, 0.2) is 29.8 Å². The van der Waals surface area contributed by atoms with E-state index in [-0.39, 0.29) is 0 Å². The zero-order valence-corrected chi connectivity index (χ0v) is 9.22. The number of nitrogens with zero attached hydrogens (tertiary/aromatic N) is 1. The Balaban J connectivity index is 0.000000168. The molecule has 0 unspecified atom stereocenters. The number of aliphatic carboxylic acids is 1. The van der Waals surface area contributed by atoms with Crippen LogP contribution in [0.2, 0.25) is 0 Å². The Bertz CT molecular complexity index is 428. The molecule has 0 spiro atoms. The largest absolute Gasteiger partial charge is 0.480 e. The minimum Gasteiger partial charge on any atom is -0.480 e. The quantitative estimate of drug-likeness (QED) is 0.717. The van der Waals surface area contributed by atoms with Gasteiger partial charge in [0.25, 0.3) is 0 Å². The maximum absolute atomic E-state index is 9.65. The van der Waals surface area contributed by atoms with E-state index in [2.05, 4.69) is 11.1 Å². The van der Waals surface area contributed by atoms with Gasteiger partial charge < -0.3 is 15.9 Å². The van der Waals surface area contributed by atoms with Crippen LogP contribution in [0.1, 0.15) is 0 Å². The van der Waals surface area contributed by atoms with Gasteiger partial charge in [0.2, 0.25) is 0 Å². The first-order valence-electron chi connectivity index (χ1n) is 4.52. The molecule has 0 aliphatic carbocycles.